The third kappa shape index (κ3) is 2.84. The summed E-state index contributed by atoms with van der Waals surface area (Å²) in [5.74, 6) is -0.646. The number of hydrogen-bond acceptors (Lipinski definition) is 2. The number of likely N-dealkylation sites (N-methyl/N-ethyl adjacent to an activating group) is 1. The number of hydrogen-bond donors (Lipinski definition) is 1. The molecule has 2 aliphatic rings. The molecule has 0 radical (unpaired) electrons. The molecule has 1 aliphatic heterocycles. The molecule has 1 N–H and O–H groups in total. The molecule has 1 saturated heterocycles. The molecule has 1 amide bonds. The second-order valence-electron chi connectivity index (χ2n) is 6.13. The zero-order chi connectivity index (χ0) is 15.9. The van der Waals surface area contributed by atoms with Gasteiger partial charge >= 0.3 is 6.18 Å². The first-order valence-corrected chi connectivity index (χ1v) is 7.53. The molecule has 0 unspecified atom stereocenters. The summed E-state index contributed by atoms with van der Waals surface area (Å²) in [5.41, 5.74) is -0.355. The molecule has 0 bridgehead atoms. The van der Waals surface area contributed by atoms with Gasteiger partial charge in [0.15, 0.2) is 0 Å². The van der Waals surface area contributed by atoms with Crippen molar-refractivity contribution in [1.82, 2.24) is 10.2 Å². The molecule has 1 aromatic rings. The number of alkyl halides is 3. The van der Waals surface area contributed by atoms with Gasteiger partial charge < -0.3 is 10.2 Å². The molecular formula is C16H19F3N2O. The first-order valence-electron chi connectivity index (χ1n) is 7.53. The van der Waals surface area contributed by atoms with Crippen LogP contribution in [0.4, 0.5) is 13.2 Å². The van der Waals surface area contributed by atoms with Crippen LogP contribution in [-0.4, -0.2) is 37.0 Å². The summed E-state index contributed by atoms with van der Waals surface area (Å²) in [4.78, 5) is 14.2. The fourth-order valence-corrected chi connectivity index (χ4v) is 3.30. The minimum atomic E-state index is -4.37. The Kier molecular flexibility index (Phi) is 3.89. The van der Waals surface area contributed by atoms with Crippen molar-refractivity contribution >= 4 is 5.91 Å². The van der Waals surface area contributed by atoms with Gasteiger partial charge in [-0.05, 0) is 36.9 Å². The Hall–Kier alpha value is -1.56. The Morgan fingerprint density at radius 1 is 1.32 bits per heavy atom. The lowest BCUT2D eigenvalue weighted by atomic mass is 10.0. The van der Waals surface area contributed by atoms with Gasteiger partial charge in [-0.25, -0.2) is 0 Å². The second-order valence-corrected chi connectivity index (χ2v) is 6.13. The van der Waals surface area contributed by atoms with Crippen LogP contribution in [0, 0.1) is 5.92 Å². The molecule has 22 heavy (non-hydrogen) atoms. The highest BCUT2D eigenvalue weighted by Gasteiger charge is 2.49. The van der Waals surface area contributed by atoms with Crippen LogP contribution in [0.2, 0.25) is 0 Å². The van der Waals surface area contributed by atoms with E-state index in [4.69, 9.17) is 0 Å². The Morgan fingerprint density at radius 3 is 2.68 bits per heavy atom. The average Bonchev–Trinajstić information content (AvgIpc) is 3.09. The van der Waals surface area contributed by atoms with Crippen LogP contribution in [0.5, 0.6) is 0 Å². The van der Waals surface area contributed by atoms with E-state index < -0.39 is 11.7 Å². The molecule has 0 aromatic heterocycles. The molecule has 3 nitrogen and oxygen atoms in total. The fourth-order valence-electron chi connectivity index (χ4n) is 3.30. The number of rotatable bonds is 3. The normalized spacial score (nSPS) is 27.7. The lowest BCUT2D eigenvalue weighted by Crippen LogP contribution is -2.39. The van der Waals surface area contributed by atoms with E-state index in [0.717, 1.165) is 25.6 Å². The first kappa shape index (κ1) is 15.3. The largest absolute Gasteiger partial charge is 0.416 e. The summed E-state index contributed by atoms with van der Waals surface area (Å²) >= 11 is 0. The number of nitrogens with zero attached hydrogens (tertiary/aromatic N) is 1. The van der Waals surface area contributed by atoms with Crippen molar-refractivity contribution in [3.05, 3.63) is 35.4 Å². The van der Waals surface area contributed by atoms with Gasteiger partial charge in [0.1, 0.15) is 0 Å². The van der Waals surface area contributed by atoms with Crippen molar-refractivity contribution in [3.8, 4) is 0 Å². The highest BCUT2D eigenvalue weighted by Crippen LogP contribution is 2.51. The first-order chi connectivity index (χ1) is 10.4. The van der Waals surface area contributed by atoms with E-state index in [1.807, 2.05) is 0 Å². The Morgan fingerprint density at radius 2 is 2.05 bits per heavy atom. The van der Waals surface area contributed by atoms with E-state index >= 15 is 0 Å². The minimum absolute atomic E-state index is 0.0318. The van der Waals surface area contributed by atoms with Gasteiger partial charge in [0.2, 0.25) is 5.91 Å². The molecule has 0 spiro atoms. The molecule has 1 heterocycles. The number of amides is 1. The summed E-state index contributed by atoms with van der Waals surface area (Å²) in [7, 11) is 1.76. The molecule has 3 atom stereocenters. The predicted molar refractivity (Wildman–Crippen MR) is 76.3 cm³/mol. The average molecular weight is 312 g/mol. The van der Waals surface area contributed by atoms with E-state index in [0.29, 0.717) is 6.42 Å². The van der Waals surface area contributed by atoms with Crippen LogP contribution < -0.4 is 5.32 Å². The van der Waals surface area contributed by atoms with Crippen molar-refractivity contribution in [2.24, 2.45) is 5.92 Å². The second kappa shape index (κ2) is 5.57. The van der Waals surface area contributed by atoms with Crippen LogP contribution in [0.25, 0.3) is 0 Å². The van der Waals surface area contributed by atoms with Crippen molar-refractivity contribution in [2.45, 2.75) is 31.0 Å². The standard InChI is InChI=1S/C16H19F3N2O/c1-21(10-6-7-20-9-10)15(22)13-8-12(13)11-4-2-3-5-14(11)16(17,18)19/h2-5,10,12-13,20H,6-9H2,1H3/t10-,12+,13-/m1/s1. The molecule has 1 aromatic carbocycles. The molecule has 1 saturated carbocycles. The Labute approximate surface area is 127 Å². The summed E-state index contributed by atoms with van der Waals surface area (Å²) in [6, 6.07) is 5.75. The summed E-state index contributed by atoms with van der Waals surface area (Å²) in [6.45, 7) is 1.64. The molecule has 6 heteroatoms. The Balaban J connectivity index is 1.73. The maximum absolute atomic E-state index is 13.1. The molecule has 1 aliphatic carbocycles. The van der Waals surface area contributed by atoms with Crippen molar-refractivity contribution in [1.29, 1.82) is 0 Å². The van der Waals surface area contributed by atoms with Crippen LogP contribution in [0.15, 0.2) is 24.3 Å². The van der Waals surface area contributed by atoms with Gasteiger partial charge in [-0.1, -0.05) is 18.2 Å². The molecule has 3 rings (SSSR count). The number of benzene rings is 1. The third-order valence-electron chi connectivity index (χ3n) is 4.70. The van der Waals surface area contributed by atoms with E-state index in [1.165, 1.54) is 12.1 Å². The van der Waals surface area contributed by atoms with Crippen LogP contribution >= 0.6 is 0 Å². The monoisotopic (exact) mass is 312 g/mol. The van der Waals surface area contributed by atoms with E-state index in [2.05, 4.69) is 5.32 Å². The smallest absolute Gasteiger partial charge is 0.341 e. The number of halogens is 3. The van der Waals surface area contributed by atoms with Crippen molar-refractivity contribution in [3.63, 3.8) is 0 Å². The lowest BCUT2D eigenvalue weighted by molar-refractivity contribution is -0.138. The third-order valence-corrected chi connectivity index (χ3v) is 4.70. The van der Waals surface area contributed by atoms with Gasteiger partial charge in [0, 0.05) is 25.6 Å². The lowest BCUT2D eigenvalue weighted by Gasteiger charge is -2.24. The topological polar surface area (TPSA) is 32.3 Å². The minimum Gasteiger partial charge on any atom is -0.341 e. The van der Waals surface area contributed by atoms with Crippen molar-refractivity contribution < 1.29 is 18.0 Å². The number of carbonyl (C=O) groups is 1. The maximum atomic E-state index is 13.1. The summed E-state index contributed by atoms with van der Waals surface area (Å²) < 4.78 is 39.2. The highest BCUT2D eigenvalue weighted by atomic mass is 19.4. The van der Waals surface area contributed by atoms with Gasteiger partial charge in [0.25, 0.3) is 0 Å². The summed E-state index contributed by atoms with van der Waals surface area (Å²) in [5, 5.41) is 3.20. The molecule has 120 valence electrons. The quantitative estimate of drug-likeness (QED) is 0.930. The van der Waals surface area contributed by atoms with Crippen LogP contribution in [-0.2, 0) is 11.0 Å². The zero-order valence-corrected chi connectivity index (χ0v) is 12.4. The molecule has 2 fully saturated rings. The van der Waals surface area contributed by atoms with E-state index in [9.17, 15) is 18.0 Å². The molecular weight excluding hydrogens is 293 g/mol. The van der Waals surface area contributed by atoms with Gasteiger partial charge in [0.05, 0.1) is 5.56 Å². The van der Waals surface area contributed by atoms with E-state index in [1.54, 1.807) is 18.0 Å². The predicted octanol–water partition coefficient (Wildman–Crippen LogP) is 2.63. The van der Waals surface area contributed by atoms with Crippen molar-refractivity contribution in [2.75, 3.05) is 20.1 Å². The number of nitrogens with one attached hydrogen (secondary N) is 1. The highest BCUT2D eigenvalue weighted by molar-refractivity contribution is 5.83. The van der Waals surface area contributed by atoms with Gasteiger partial charge in [-0.3, -0.25) is 4.79 Å². The fraction of sp³-hybridized carbons (Fsp3) is 0.562. The SMILES string of the molecule is CN(C(=O)[C@@H]1C[C@H]1c1ccccc1C(F)(F)F)[C@@H]1CCNC1. The maximum Gasteiger partial charge on any atom is 0.416 e. The van der Waals surface area contributed by atoms with Crippen LogP contribution in [0.3, 0.4) is 0 Å². The van der Waals surface area contributed by atoms with Gasteiger partial charge in [-0.2, -0.15) is 13.2 Å². The van der Waals surface area contributed by atoms with Gasteiger partial charge in [-0.15, -0.1) is 0 Å². The number of carbonyl (C=O) groups excluding carboxylic acids is 1. The van der Waals surface area contributed by atoms with Crippen LogP contribution in [0.1, 0.15) is 29.9 Å². The van der Waals surface area contributed by atoms with E-state index in [-0.39, 0.29) is 29.3 Å². The zero-order valence-electron chi connectivity index (χ0n) is 12.4. The Bertz CT molecular complexity index is 567. The summed E-state index contributed by atoms with van der Waals surface area (Å²) in [6.07, 6.45) is -2.96.